The van der Waals surface area contributed by atoms with Gasteiger partial charge in [-0.1, -0.05) is 30.3 Å². The van der Waals surface area contributed by atoms with E-state index in [0.29, 0.717) is 0 Å². The smallest absolute Gasteiger partial charge is 0.0341 e. The summed E-state index contributed by atoms with van der Waals surface area (Å²) in [5, 5.41) is 3.36. The van der Waals surface area contributed by atoms with Crippen molar-refractivity contribution in [2.24, 2.45) is 0 Å². The van der Waals surface area contributed by atoms with Crippen molar-refractivity contribution in [3.63, 3.8) is 0 Å². The molecule has 0 saturated heterocycles. The highest BCUT2D eigenvalue weighted by molar-refractivity contribution is 5.51. The van der Waals surface area contributed by atoms with Gasteiger partial charge in [0.15, 0.2) is 0 Å². The molecule has 2 aromatic carbocycles. The fourth-order valence-electron chi connectivity index (χ4n) is 1.60. The average Bonchev–Trinajstić information content (AvgIpc) is 2.33. The van der Waals surface area contributed by atoms with Crippen LogP contribution >= 0.6 is 0 Å². The molecule has 0 amide bonds. The van der Waals surface area contributed by atoms with E-state index in [9.17, 15) is 0 Å². The minimum absolute atomic E-state index is 0.800. The minimum Gasteiger partial charge on any atom is -0.399 e. The van der Waals surface area contributed by atoms with Crippen LogP contribution in [0.1, 0.15) is 5.56 Å². The Morgan fingerprint density at radius 3 is 2.25 bits per heavy atom. The van der Waals surface area contributed by atoms with Crippen LogP contribution < -0.4 is 11.1 Å². The van der Waals surface area contributed by atoms with Crippen LogP contribution in [0.3, 0.4) is 0 Å². The normalized spacial score (nSPS) is 10.0. The molecule has 3 N–H and O–H groups in total. The van der Waals surface area contributed by atoms with Crippen molar-refractivity contribution in [2.45, 2.75) is 6.42 Å². The summed E-state index contributed by atoms with van der Waals surface area (Å²) in [7, 11) is 0. The van der Waals surface area contributed by atoms with Crippen LogP contribution in [0.4, 0.5) is 11.4 Å². The standard InChI is InChI=1S/C14H16N2/c15-13-6-8-14(9-7-13)16-11-10-12-4-2-1-3-5-12/h1-9,16H,10-11,15H2. The van der Waals surface area contributed by atoms with Gasteiger partial charge in [0.05, 0.1) is 0 Å². The number of hydrogen-bond acceptors (Lipinski definition) is 2. The Morgan fingerprint density at radius 2 is 1.56 bits per heavy atom. The summed E-state index contributed by atoms with van der Waals surface area (Å²) >= 11 is 0. The average molecular weight is 212 g/mol. The monoisotopic (exact) mass is 212 g/mol. The van der Waals surface area contributed by atoms with E-state index in [4.69, 9.17) is 5.73 Å². The van der Waals surface area contributed by atoms with E-state index in [1.807, 2.05) is 30.3 Å². The maximum atomic E-state index is 5.62. The van der Waals surface area contributed by atoms with E-state index in [1.165, 1.54) is 5.56 Å². The summed E-state index contributed by atoms with van der Waals surface area (Å²) in [6, 6.07) is 18.3. The first-order valence-corrected chi connectivity index (χ1v) is 5.48. The molecule has 2 heteroatoms. The predicted octanol–water partition coefficient (Wildman–Crippen LogP) is 2.92. The number of nitrogen functional groups attached to an aromatic ring is 1. The molecule has 0 spiro atoms. The Kier molecular flexibility index (Phi) is 3.44. The van der Waals surface area contributed by atoms with Gasteiger partial charge in [-0.05, 0) is 36.2 Å². The Morgan fingerprint density at radius 1 is 0.875 bits per heavy atom. The van der Waals surface area contributed by atoms with E-state index >= 15 is 0 Å². The summed E-state index contributed by atoms with van der Waals surface area (Å²) in [5.41, 5.74) is 8.89. The molecule has 82 valence electrons. The molecule has 0 unspecified atom stereocenters. The second-order valence-electron chi connectivity index (χ2n) is 3.78. The molecule has 2 nitrogen and oxygen atoms in total. The Labute approximate surface area is 96.1 Å². The van der Waals surface area contributed by atoms with Crippen molar-refractivity contribution in [2.75, 3.05) is 17.6 Å². The van der Waals surface area contributed by atoms with Crippen LogP contribution in [0.15, 0.2) is 54.6 Å². The van der Waals surface area contributed by atoms with Gasteiger partial charge in [0, 0.05) is 17.9 Å². The second kappa shape index (κ2) is 5.21. The van der Waals surface area contributed by atoms with Gasteiger partial charge in [0.1, 0.15) is 0 Å². The maximum Gasteiger partial charge on any atom is 0.0341 e. The minimum atomic E-state index is 0.800. The molecule has 0 aliphatic carbocycles. The third-order valence-electron chi connectivity index (χ3n) is 2.50. The summed E-state index contributed by atoms with van der Waals surface area (Å²) < 4.78 is 0. The largest absolute Gasteiger partial charge is 0.399 e. The van der Waals surface area contributed by atoms with Crippen molar-refractivity contribution < 1.29 is 0 Å². The van der Waals surface area contributed by atoms with Gasteiger partial charge in [-0.15, -0.1) is 0 Å². The molecule has 0 aliphatic rings. The molecule has 2 rings (SSSR count). The van der Waals surface area contributed by atoms with E-state index in [2.05, 4.69) is 29.6 Å². The molecule has 0 saturated carbocycles. The van der Waals surface area contributed by atoms with E-state index in [1.54, 1.807) is 0 Å². The fourth-order valence-corrected chi connectivity index (χ4v) is 1.60. The van der Waals surface area contributed by atoms with Gasteiger partial charge in [-0.3, -0.25) is 0 Å². The van der Waals surface area contributed by atoms with Crippen molar-refractivity contribution in [1.82, 2.24) is 0 Å². The summed E-state index contributed by atoms with van der Waals surface area (Å²) in [5.74, 6) is 0. The molecule has 0 aromatic heterocycles. The van der Waals surface area contributed by atoms with Crippen LogP contribution in [-0.4, -0.2) is 6.54 Å². The summed E-state index contributed by atoms with van der Waals surface area (Å²) in [4.78, 5) is 0. The lowest BCUT2D eigenvalue weighted by Crippen LogP contribution is -2.04. The highest BCUT2D eigenvalue weighted by atomic mass is 14.9. The van der Waals surface area contributed by atoms with Gasteiger partial charge in [0.2, 0.25) is 0 Å². The number of rotatable bonds is 4. The van der Waals surface area contributed by atoms with Gasteiger partial charge >= 0.3 is 0 Å². The van der Waals surface area contributed by atoms with Gasteiger partial charge < -0.3 is 11.1 Å². The Balaban J connectivity index is 1.82. The van der Waals surface area contributed by atoms with Crippen molar-refractivity contribution in [1.29, 1.82) is 0 Å². The third-order valence-corrected chi connectivity index (χ3v) is 2.50. The van der Waals surface area contributed by atoms with E-state index in [-0.39, 0.29) is 0 Å². The predicted molar refractivity (Wildman–Crippen MR) is 69.5 cm³/mol. The highest BCUT2D eigenvalue weighted by Crippen LogP contribution is 2.10. The van der Waals surface area contributed by atoms with Crippen LogP contribution in [0, 0.1) is 0 Å². The number of anilines is 2. The summed E-state index contributed by atoms with van der Waals surface area (Å²) in [6.45, 7) is 0.938. The zero-order chi connectivity index (χ0) is 11.2. The molecular formula is C14H16N2. The molecule has 0 fully saturated rings. The topological polar surface area (TPSA) is 38.0 Å². The molecule has 0 heterocycles. The van der Waals surface area contributed by atoms with Gasteiger partial charge in [0.25, 0.3) is 0 Å². The number of hydrogen-bond donors (Lipinski definition) is 2. The number of nitrogens with one attached hydrogen (secondary N) is 1. The quantitative estimate of drug-likeness (QED) is 0.765. The van der Waals surface area contributed by atoms with E-state index < -0.39 is 0 Å². The zero-order valence-electron chi connectivity index (χ0n) is 9.19. The molecule has 0 radical (unpaired) electrons. The second-order valence-corrected chi connectivity index (χ2v) is 3.78. The van der Waals surface area contributed by atoms with Crippen LogP contribution in [-0.2, 0) is 6.42 Å². The molecular weight excluding hydrogens is 196 g/mol. The van der Waals surface area contributed by atoms with Gasteiger partial charge in [-0.2, -0.15) is 0 Å². The lowest BCUT2D eigenvalue weighted by atomic mass is 10.1. The summed E-state index contributed by atoms with van der Waals surface area (Å²) in [6.07, 6.45) is 1.03. The molecule has 16 heavy (non-hydrogen) atoms. The van der Waals surface area contributed by atoms with Crippen LogP contribution in [0.2, 0.25) is 0 Å². The molecule has 0 bridgehead atoms. The fraction of sp³-hybridized carbons (Fsp3) is 0.143. The highest BCUT2D eigenvalue weighted by Gasteiger charge is 1.93. The molecule has 0 atom stereocenters. The first-order valence-electron chi connectivity index (χ1n) is 5.48. The maximum absolute atomic E-state index is 5.62. The third kappa shape index (κ3) is 3.02. The van der Waals surface area contributed by atoms with Crippen molar-refractivity contribution in [3.8, 4) is 0 Å². The zero-order valence-corrected chi connectivity index (χ0v) is 9.19. The number of benzene rings is 2. The Hall–Kier alpha value is -1.96. The molecule has 2 aromatic rings. The molecule has 0 aliphatic heterocycles. The Bertz CT molecular complexity index is 420. The van der Waals surface area contributed by atoms with Crippen LogP contribution in [0.25, 0.3) is 0 Å². The van der Waals surface area contributed by atoms with Crippen LogP contribution in [0.5, 0.6) is 0 Å². The number of nitrogens with two attached hydrogens (primary N) is 1. The van der Waals surface area contributed by atoms with Gasteiger partial charge in [-0.25, -0.2) is 0 Å². The van der Waals surface area contributed by atoms with Crippen molar-refractivity contribution >= 4 is 11.4 Å². The first-order chi connectivity index (χ1) is 7.84. The first kappa shape index (κ1) is 10.6. The SMILES string of the molecule is Nc1ccc(NCCc2ccccc2)cc1. The van der Waals surface area contributed by atoms with Crippen molar-refractivity contribution in [3.05, 3.63) is 60.2 Å². The van der Waals surface area contributed by atoms with E-state index in [0.717, 1.165) is 24.3 Å². The lowest BCUT2D eigenvalue weighted by Gasteiger charge is -2.06. The lowest BCUT2D eigenvalue weighted by molar-refractivity contribution is 1.02.